The molecule has 74 valence electrons. The lowest BCUT2D eigenvalue weighted by atomic mass is 10.1. The molecule has 3 nitrogen and oxygen atoms in total. The Kier molecular flexibility index (Phi) is 2.48. The Labute approximate surface area is 79.9 Å². The van der Waals surface area contributed by atoms with Gasteiger partial charge in [-0.2, -0.15) is 5.10 Å². The minimum atomic E-state index is 0.0111. The summed E-state index contributed by atoms with van der Waals surface area (Å²) in [6, 6.07) is 2.09. The highest BCUT2D eigenvalue weighted by molar-refractivity contribution is 5.13. The van der Waals surface area contributed by atoms with E-state index in [1.54, 1.807) is 0 Å². The molecule has 0 aliphatic carbocycles. The average molecular weight is 181 g/mol. The lowest BCUT2D eigenvalue weighted by Crippen LogP contribution is -2.27. The van der Waals surface area contributed by atoms with Gasteiger partial charge in [0.2, 0.25) is 0 Å². The third-order valence-corrected chi connectivity index (χ3v) is 1.96. The van der Waals surface area contributed by atoms with E-state index < -0.39 is 0 Å². The van der Waals surface area contributed by atoms with E-state index in [0.29, 0.717) is 0 Å². The number of aryl methyl sites for hydroxylation is 1. The highest BCUT2D eigenvalue weighted by atomic mass is 15.3. The highest BCUT2D eigenvalue weighted by Gasteiger charge is 2.19. The molecule has 0 bridgehead atoms. The molecule has 0 radical (unpaired) electrons. The predicted molar refractivity (Wildman–Crippen MR) is 54.6 cm³/mol. The quantitative estimate of drug-likeness (QED) is 0.719. The summed E-state index contributed by atoms with van der Waals surface area (Å²) >= 11 is 0. The molecular weight excluding hydrogens is 162 g/mol. The molecule has 0 spiro atoms. The van der Waals surface area contributed by atoms with Crippen LogP contribution in [0.3, 0.4) is 0 Å². The number of aromatic nitrogens is 2. The predicted octanol–water partition coefficient (Wildman–Crippen LogP) is 1.97. The molecule has 13 heavy (non-hydrogen) atoms. The number of nitrogens with two attached hydrogens (primary N) is 1. The zero-order chi connectivity index (χ0) is 10.2. The summed E-state index contributed by atoms with van der Waals surface area (Å²) in [5.41, 5.74) is 8.01. The van der Waals surface area contributed by atoms with Crippen LogP contribution >= 0.6 is 0 Å². The molecule has 0 amide bonds. The van der Waals surface area contributed by atoms with Crippen molar-refractivity contribution in [3.8, 4) is 0 Å². The van der Waals surface area contributed by atoms with Crippen LogP contribution < -0.4 is 5.73 Å². The van der Waals surface area contributed by atoms with Crippen molar-refractivity contribution >= 4 is 0 Å². The van der Waals surface area contributed by atoms with Gasteiger partial charge in [-0.25, -0.2) is 0 Å². The lowest BCUT2D eigenvalue weighted by molar-refractivity contribution is 0.336. The van der Waals surface area contributed by atoms with Crippen molar-refractivity contribution in [1.82, 2.24) is 9.78 Å². The molecule has 0 aliphatic heterocycles. The van der Waals surface area contributed by atoms with Crippen LogP contribution in [0.1, 0.15) is 45.1 Å². The monoisotopic (exact) mass is 181 g/mol. The summed E-state index contributed by atoms with van der Waals surface area (Å²) in [4.78, 5) is 0. The molecule has 1 rings (SSSR count). The first-order valence-corrected chi connectivity index (χ1v) is 4.65. The molecule has 0 unspecified atom stereocenters. The van der Waals surface area contributed by atoms with E-state index in [1.807, 2.05) is 18.5 Å². The fourth-order valence-electron chi connectivity index (χ4n) is 1.38. The van der Waals surface area contributed by atoms with Crippen molar-refractivity contribution in [2.45, 2.75) is 46.2 Å². The van der Waals surface area contributed by atoms with Crippen molar-refractivity contribution in [2.75, 3.05) is 0 Å². The zero-order valence-electron chi connectivity index (χ0n) is 9.13. The maximum absolute atomic E-state index is 5.86. The first kappa shape index (κ1) is 10.3. The van der Waals surface area contributed by atoms with Gasteiger partial charge in [0.25, 0.3) is 0 Å². The Hall–Kier alpha value is -0.830. The van der Waals surface area contributed by atoms with Crippen molar-refractivity contribution < 1.29 is 0 Å². The molecule has 0 aliphatic rings. The van der Waals surface area contributed by atoms with Crippen LogP contribution in [0.15, 0.2) is 6.07 Å². The number of rotatable bonds is 1. The minimum absolute atomic E-state index is 0.0111. The van der Waals surface area contributed by atoms with Gasteiger partial charge in [0.15, 0.2) is 0 Å². The zero-order valence-corrected chi connectivity index (χ0v) is 9.13. The summed E-state index contributed by atoms with van der Waals surface area (Å²) in [6.07, 6.45) is 0. The van der Waals surface area contributed by atoms with Gasteiger partial charge in [0.1, 0.15) is 0 Å². The normalized spacial score (nSPS) is 14.6. The Morgan fingerprint density at radius 2 is 2.00 bits per heavy atom. The van der Waals surface area contributed by atoms with Crippen LogP contribution in [0.25, 0.3) is 0 Å². The molecule has 0 saturated carbocycles. The summed E-state index contributed by atoms with van der Waals surface area (Å²) < 4.78 is 2.01. The van der Waals surface area contributed by atoms with Crippen LogP contribution in [0.2, 0.25) is 0 Å². The van der Waals surface area contributed by atoms with Crippen LogP contribution in [0, 0.1) is 6.92 Å². The standard InChI is InChI=1S/C10H19N3/c1-7-6-9(8(2)11)13(12-7)10(3,4)5/h6,8H,11H2,1-5H3/t8-/m0/s1. The largest absolute Gasteiger partial charge is 0.323 e. The molecule has 0 aromatic carbocycles. The van der Waals surface area contributed by atoms with E-state index in [9.17, 15) is 0 Å². The second kappa shape index (κ2) is 3.14. The molecule has 3 heteroatoms. The first-order chi connectivity index (χ1) is 5.82. The molecule has 1 atom stereocenters. The van der Waals surface area contributed by atoms with E-state index in [4.69, 9.17) is 5.73 Å². The maximum Gasteiger partial charge on any atom is 0.0597 e. The summed E-state index contributed by atoms with van der Waals surface area (Å²) in [5.74, 6) is 0. The molecular formula is C10H19N3. The van der Waals surface area contributed by atoms with E-state index in [1.165, 1.54) is 0 Å². The third kappa shape index (κ3) is 2.10. The molecule has 1 heterocycles. The van der Waals surface area contributed by atoms with Gasteiger partial charge in [-0.15, -0.1) is 0 Å². The molecule has 2 N–H and O–H groups in total. The Bertz CT molecular complexity index is 292. The van der Waals surface area contributed by atoms with Crippen LogP contribution in [0.5, 0.6) is 0 Å². The van der Waals surface area contributed by atoms with Crippen molar-refractivity contribution in [3.05, 3.63) is 17.5 Å². The number of hydrogen-bond donors (Lipinski definition) is 1. The molecule has 1 aromatic heterocycles. The highest BCUT2D eigenvalue weighted by Crippen LogP contribution is 2.20. The second-order valence-electron chi connectivity index (χ2n) is 4.58. The Morgan fingerprint density at radius 3 is 2.31 bits per heavy atom. The number of hydrogen-bond acceptors (Lipinski definition) is 2. The van der Waals surface area contributed by atoms with Gasteiger partial charge < -0.3 is 5.73 Å². The molecule has 0 fully saturated rings. The van der Waals surface area contributed by atoms with E-state index in [-0.39, 0.29) is 11.6 Å². The smallest absolute Gasteiger partial charge is 0.0597 e. The third-order valence-electron chi connectivity index (χ3n) is 1.96. The van der Waals surface area contributed by atoms with Crippen molar-refractivity contribution in [1.29, 1.82) is 0 Å². The SMILES string of the molecule is Cc1cc([C@H](C)N)n(C(C)(C)C)n1. The lowest BCUT2D eigenvalue weighted by Gasteiger charge is -2.23. The molecule has 0 saturated heterocycles. The van der Waals surface area contributed by atoms with Gasteiger partial charge in [-0.3, -0.25) is 4.68 Å². The molecule has 1 aromatic rings. The summed E-state index contributed by atoms with van der Waals surface area (Å²) in [7, 11) is 0. The van der Waals surface area contributed by atoms with Gasteiger partial charge in [0, 0.05) is 6.04 Å². The van der Waals surface area contributed by atoms with Crippen molar-refractivity contribution in [3.63, 3.8) is 0 Å². The van der Waals surface area contributed by atoms with E-state index >= 15 is 0 Å². The Morgan fingerprint density at radius 1 is 1.46 bits per heavy atom. The van der Waals surface area contributed by atoms with Gasteiger partial charge >= 0.3 is 0 Å². The fourth-order valence-corrected chi connectivity index (χ4v) is 1.38. The van der Waals surface area contributed by atoms with Crippen LogP contribution in [-0.4, -0.2) is 9.78 Å². The van der Waals surface area contributed by atoms with Gasteiger partial charge in [0.05, 0.1) is 16.9 Å². The van der Waals surface area contributed by atoms with E-state index in [0.717, 1.165) is 11.4 Å². The minimum Gasteiger partial charge on any atom is -0.323 e. The number of nitrogens with zero attached hydrogens (tertiary/aromatic N) is 2. The fraction of sp³-hybridized carbons (Fsp3) is 0.700. The Balaban J connectivity index is 3.20. The van der Waals surface area contributed by atoms with E-state index in [2.05, 4.69) is 31.9 Å². The first-order valence-electron chi connectivity index (χ1n) is 4.65. The van der Waals surface area contributed by atoms with Crippen LogP contribution in [-0.2, 0) is 5.54 Å². The second-order valence-corrected chi connectivity index (χ2v) is 4.58. The summed E-state index contributed by atoms with van der Waals surface area (Å²) in [5, 5.41) is 4.44. The van der Waals surface area contributed by atoms with Crippen LogP contribution in [0.4, 0.5) is 0 Å². The summed E-state index contributed by atoms with van der Waals surface area (Å²) in [6.45, 7) is 10.4. The topological polar surface area (TPSA) is 43.8 Å². The maximum atomic E-state index is 5.86. The van der Waals surface area contributed by atoms with Gasteiger partial charge in [-0.1, -0.05) is 0 Å². The van der Waals surface area contributed by atoms with Crippen molar-refractivity contribution in [2.24, 2.45) is 5.73 Å². The average Bonchev–Trinajstić information content (AvgIpc) is 2.29. The van der Waals surface area contributed by atoms with Gasteiger partial charge in [-0.05, 0) is 40.7 Å².